The predicted octanol–water partition coefficient (Wildman–Crippen LogP) is 8.10. The van der Waals surface area contributed by atoms with Crippen LogP contribution in [-0.4, -0.2) is 41.0 Å². The highest BCUT2D eigenvalue weighted by Gasteiger charge is 1.90. The topological polar surface area (TPSA) is 97.7 Å². The largest absolute Gasteiger partial charge is 0.286 e. The summed E-state index contributed by atoms with van der Waals surface area (Å²) in [5, 5.41) is 5.24. The van der Waals surface area contributed by atoms with Crippen LogP contribution in [0.15, 0.2) is 97.1 Å². The number of benzene rings is 4. The second-order valence-corrected chi connectivity index (χ2v) is 9.51. The summed E-state index contributed by atoms with van der Waals surface area (Å²) in [7, 11) is -5.71. The van der Waals surface area contributed by atoms with E-state index in [4.69, 9.17) is 4.55 Å². The third kappa shape index (κ3) is 24.7. The lowest BCUT2D eigenvalue weighted by Gasteiger charge is -1.92. The van der Waals surface area contributed by atoms with E-state index in [2.05, 4.69) is 101 Å². The van der Waals surface area contributed by atoms with Crippen LogP contribution < -0.4 is 0 Å². The molecule has 0 fully saturated rings. The van der Waals surface area contributed by atoms with Crippen LogP contribution in [0, 0.1) is 0 Å². The fraction of sp³-hybridized carbons (Fsp3) is 0.310. The van der Waals surface area contributed by atoms with Gasteiger partial charge in [0.1, 0.15) is 0 Å². The fourth-order valence-corrected chi connectivity index (χ4v) is 2.27. The second kappa shape index (κ2) is 23.6. The lowest BCUT2D eigenvalue weighted by Crippen LogP contribution is -1.95. The summed E-state index contributed by atoms with van der Waals surface area (Å²) in [6, 6.07) is 33.4. The van der Waals surface area contributed by atoms with Crippen LogP contribution in [0.4, 0.5) is 0 Å². The maximum absolute atomic E-state index is 9.78. The minimum atomic E-state index is -3.67. The summed E-state index contributed by atoms with van der Waals surface area (Å²) in [6.45, 7) is 8.00. The molecule has 0 saturated heterocycles. The van der Waals surface area contributed by atoms with Gasteiger partial charge in [0.15, 0.2) is 0 Å². The van der Waals surface area contributed by atoms with Gasteiger partial charge in [0.2, 0.25) is 0 Å². The van der Waals surface area contributed by atoms with E-state index in [9.17, 15) is 16.8 Å². The molecule has 0 aliphatic heterocycles. The standard InChI is InChI=1S/2C10H8.C2H6O3S.2C2H6.CH4O3S.2CH4/c2*1-2-6-10-8-4-3-7-9(10)5-1;1-5-6(2,3)4;2*1-2;1-5(2,3)4;;/h2*1-8H;1-2H3;2*1-2H3;1H3,(H,2,3,4);2*1H4. The molecule has 0 amide bonds. The van der Waals surface area contributed by atoms with E-state index in [1.807, 2.05) is 27.7 Å². The molecule has 0 aliphatic rings. The molecule has 0 heterocycles. The normalized spacial score (nSPS) is 9.19. The lowest BCUT2D eigenvalue weighted by atomic mass is 10.1. The van der Waals surface area contributed by atoms with Crippen LogP contribution in [0.3, 0.4) is 0 Å². The Balaban J connectivity index is -0.000000191. The van der Waals surface area contributed by atoms with E-state index in [0.29, 0.717) is 6.26 Å². The maximum atomic E-state index is 9.78. The van der Waals surface area contributed by atoms with Crippen LogP contribution >= 0.6 is 0 Å². The van der Waals surface area contributed by atoms with Gasteiger partial charge in [-0.15, -0.1) is 0 Å². The monoisotopic (exact) mass is 554 g/mol. The number of hydrogen-bond acceptors (Lipinski definition) is 5. The average Bonchev–Trinajstić information content (AvgIpc) is 2.86. The van der Waals surface area contributed by atoms with Gasteiger partial charge in [-0.3, -0.25) is 8.74 Å². The van der Waals surface area contributed by atoms with Crippen LogP contribution in [0.2, 0.25) is 0 Å². The molecule has 0 unspecified atom stereocenters. The SMILES string of the molecule is C.C.CC.CC.COS(C)(=O)=O.CS(=O)(=O)O.c1ccc2ccccc2c1.c1ccc2ccccc2c1. The van der Waals surface area contributed by atoms with Crippen molar-refractivity contribution < 1.29 is 25.6 Å². The van der Waals surface area contributed by atoms with Crippen LogP contribution in [0.25, 0.3) is 21.5 Å². The first kappa shape index (κ1) is 41.4. The van der Waals surface area contributed by atoms with Crippen molar-refractivity contribution in [3.8, 4) is 0 Å². The molecule has 0 radical (unpaired) electrons. The minimum absolute atomic E-state index is 0. The minimum Gasteiger partial charge on any atom is -0.286 e. The molecule has 0 bridgehead atoms. The van der Waals surface area contributed by atoms with Crippen LogP contribution in [0.1, 0.15) is 42.5 Å². The molecule has 210 valence electrons. The molecule has 1 N–H and O–H groups in total. The first-order valence-corrected chi connectivity index (χ1v) is 14.7. The van der Waals surface area contributed by atoms with Crippen LogP contribution in [0.5, 0.6) is 0 Å². The Hall–Kier alpha value is -2.78. The highest BCUT2D eigenvalue weighted by atomic mass is 32.2. The van der Waals surface area contributed by atoms with Gasteiger partial charge in [-0.1, -0.05) is 140 Å². The van der Waals surface area contributed by atoms with Crippen molar-refractivity contribution >= 4 is 41.8 Å². The Morgan fingerprint density at radius 1 is 0.514 bits per heavy atom. The van der Waals surface area contributed by atoms with Crippen LogP contribution in [-0.2, 0) is 24.4 Å². The predicted molar refractivity (Wildman–Crippen MR) is 163 cm³/mol. The third-order valence-corrected chi connectivity index (χ3v) is 4.23. The molecular formula is C29H46O6S2. The van der Waals surface area contributed by atoms with E-state index < -0.39 is 20.2 Å². The molecule has 0 aliphatic carbocycles. The molecule has 8 heteroatoms. The van der Waals surface area contributed by atoms with Crippen molar-refractivity contribution in [3.63, 3.8) is 0 Å². The van der Waals surface area contributed by atoms with Gasteiger partial charge in [0.05, 0.1) is 19.6 Å². The number of hydrogen-bond donors (Lipinski definition) is 1. The summed E-state index contributed by atoms with van der Waals surface area (Å²) in [4.78, 5) is 0. The van der Waals surface area contributed by atoms with E-state index in [0.717, 1.165) is 13.4 Å². The van der Waals surface area contributed by atoms with Gasteiger partial charge in [-0.2, -0.15) is 16.8 Å². The van der Waals surface area contributed by atoms with Crippen molar-refractivity contribution in [2.24, 2.45) is 0 Å². The second-order valence-electron chi connectivity index (χ2n) is 6.30. The Bertz CT molecular complexity index is 1080. The van der Waals surface area contributed by atoms with Gasteiger partial charge in [0.25, 0.3) is 20.2 Å². The van der Waals surface area contributed by atoms with E-state index >= 15 is 0 Å². The van der Waals surface area contributed by atoms with Gasteiger partial charge in [-0.25, -0.2) is 0 Å². The number of fused-ring (bicyclic) bond motifs is 2. The number of rotatable bonds is 1. The zero-order valence-corrected chi connectivity index (χ0v) is 23.2. The first-order valence-electron chi connectivity index (χ1n) is 11.1. The van der Waals surface area contributed by atoms with E-state index in [1.54, 1.807) is 0 Å². The van der Waals surface area contributed by atoms with Gasteiger partial charge in [0, 0.05) is 0 Å². The molecule has 4 aromatic rings. The Labute approximate surface area is 226 Å². The Morgan fingerprint density at radius 2 is 0.622 bits per heavy atom. The summed E-state index contributed by atoms with van der Waals surface area (Å²) < 4.78 is 49.3. The molecule has 37 heavy (non-hydrogen) atoms. The van der Waals surface area contributed by atoms with Crippen molar-refractivity contribution in [2.45, 2.75) is 42.5 Å². The lowest BCUT2D eigenvalue weighted by molar-refractivity contribution is 0.403. The van der Waals surface area contributed by atoms with Gasteiger partial charge >= 0.3 is 0 Å². The molecule has 0 aromatic heterocycles. The fourth-order valence-electron chi connectivity index (χ4n) is 2.27. The van der Waals surface area contributed by atoms with Crippen molar-refractivity contribution in [1.82, 2.24) is 0 Å². The highest BCUT2D eigenvalue weighted by Crippen LogP contribution is 2.12. The summed E-state index contributed by atoms with van der Waals surface area (Å²) in [5.74, 6) is 0. The zero-order chi connectivity index (χ0) is 27.3. The van der Waals surface area contributed by atoms with E-state index in [1.165, 1.54) is 21.5 Å². The highest BCUT2D eigenvalue weighted by molar-refractivity contribution is 7.86. The zero-order valence-electron chi connectivity index (χ0n) is 21.5. The summed E-state index contributed by atoms with van der Waals surface area (Å²) >= 11 is 0. The molecule has 4 rings (SSSR count). The van der Waals surface area contributed by atoms with E-state index in [-0.39, 0.29) is 14.9 Å². The Kier molecular flexibility index (Phi) is 26.4. The smallest absolute Gasteiger partial charge is 0.264 e. The molecule has 4 aromatic carbocycles. The van der Waals surface area contributed by atoms with Crippen molar-refractivity contribution in [1.29, 1.82) is 0 Å². The molecule has 0 atom stereocenters. The Morgan fingerprint density at radius 3 is 0.703 bits per heavy atom. The quantitative estimate of drug-likeness (QED) is 0.189. The van der Waals surface area contributed by atoms with Gasteiger partial charge < -0.3 is 0 Å². The molecular weight excluding hydrogens is 508 g/mol. The summed E-state index contributed by atoms with van der Waals surface area (Å²) in [5.41, 5.74) is 0. The first-order chi connectivity index (χ1) is 16.5. The molecule has 0 saturated carbocycles. The average molecular weight is 555 g/mol. The summed E-state index contributed by atoms with van der Waals surface area (Å²) in [6.07, 6.45) is 1.71. The van der Waals surface area contributed by atoms with Crippen molar-refractivity contribution in [3.05, 3.63) is 97.1 Å². The maximum Gasteiger partial charge on any atom is 0.264 e. The molecule has 6 nitrogen and oxygen atoms in total. The van der Waals surface area contributed by atoms with Gasteiger partial charge in [-0.05, 0) is 21.5 Å². The van der Waals surface area contributed by atoms with Crippen molar-refractivity contribution in [2.75, 3.05) is 19.6 Å². The molecule has 0 spiro atoms. The third-order valence-electron chi connectivity index (χ3n) is 3.62.